The molecule has 0 aromatic heterocycles. The van der Waals surface area contributed by atoms with E-state index in [0.29, 0.717) is 11.3 Å². The third-order valence-electron chi connectivity index (χ3n) is 3.04. The number of aryl methyl sites for hydroxylation is 2. The van der Waals surface area contributed by atoms with Crippen LogP contribution in [0.2, 0.25) is 0 Å². The van der Waals surface area contributed by atoms with Crippen LogP contribution in [-0.2, 0) is 0 Å². The van der Waals surface area contributed by atoms with Gasteiger partial charge in [-0.1, -0.05) is 18.2 Å². The lowest BCUT2D eigenvalue weighted by Gasteiger charge is -2.09. The molecule has 0 bridgehead atoms. The van der Waals surface area contributed by atoms with Gasteiger partial charge in [-0.15, -0.1) is 12.4 Å². The summed E-state index contributed by atoms with van der Waals surface area (Å²) in [5.41, 5.74) is 9.13. The van der Waals surface area contributed by atoms with Crippen molar-refractivity contribution in [1.29, 1.82) is 0 Å². The predicted octanol–water partition coefficient (Wildman–Crippen LogP) is 3.69. The Labute approximate surface area is 134 Å². The Morgan fingerprint density at radius 3 is 2.45 bits per heavy atom. The van der Waals surface area contributed by atoms with Gasteiger partial charge in [0, 0.05) is 17.8 Å². The number of hydrogen-bond donors (Lipinski definition) is 2. The SMILES string of the molecule is Cc1cc([N+](=O)[O-])ccc1N=C(N)Nc1ccccc1C.Cl. The second-order valence-corrected chi connectivity index (χ2v) is 4.66. The molecule has 22 heavy (non-hydrogen) atoms. The van der Waals surface area contributed by atoms with E-state index in [0.717, 1.165) is 11.3 Å². The summed E-state index contributed by atoms with van der Waals surface area (Å²) in [5.74, 6) is 0.237. The molecule has 0 saturated carbocycles. The Hall–Kier alpha value is -2.60. The summed E-state index contributed by atoms with van der Waals surface area (Å²) in [7, 11) is 0. The minimum Gasteiger partial charge on any atom is -0.369 e. The number of hydrogen-bond acceptors (Lipinski definition) is 3. The normalized spacial score (nSPS) is 10.7. The number of benzene rings is 2. The Morgan fingerprint density at radius 1 is 1.18 bits per heavy atom. The maximum Gasteiger partial charge on any atom is 0.269 e. The number of rotatable bonds is 3. The number of nitro groups is 1. The highest BCUT2D eigenvalue weighted by molar-refractivity contribution is 5.94. The highest BCUT2D eigenvalue weighted by Gasteiger charge is 2.08. The summed E-state index contributed by atoms with van der Waals surface area (Å²) in [6, 6.07) is 12.2. The van der Waals surface area contributed by atoms with E-state index >= 15 is 0 Å². The number of nitrogens with zero attached hydrogens (tertiary/aromatic N) is 2. The monoisotopic (exact) mass is 320 g/mol. The van der Waals surface area contributed by atoms with E-state index < -0.39 is 4.92 Å². The first-order valence-electron chi connectivity index (χ1n) is 6.39. The number of nitrogens with two attached hydrogens (primary N) is 1. The van der Waals surface area contributed by atoms with Gasteiger partial charge in [0.2, 0.25) is 0 Å². The van der Waals surface area contributed by atoms with Gasteiger partial charge < -0.3 is 11.1 Å². The van der Waals surface area contributed by atoms with Gasteiger partial charge in [0.25, 0.3) is 5.69 Å². The fourth-order valence-corrected chi connectivity index (χ4v) is 1.89. The van der Waals surface area contributed by atoms with Crippen molar-refractivity contribution >= 4 is 35.4 Å². The molecule has 0 heterocycles. The van der Waals surface area contributed by atoms with Crippen LogP contribution in [0.15, 0.2) is 47.5 Å². The molecule has 0 fully saturated rings. The number of aliphatic imine (C=N–C) groups is 1. The molecule has 0 aliphatic heterocycles. The first kappa shape index (κ1) is 17.5. The predicted molar refractivity (Wildman–Crippen MR) is 91.2 cm³/mol. The first-order chi connectivity index (χ1) is 9.97. The second-order valence-electron chi connectivity index (χ2n) is 4.66. The van der Waals surface area contributed by atoms with E-state index in [9.17, 15) is 10.1 Å². The number of halogens is 1. The maximum atomic E-state index is 10.7. The van der Waals surface area contributed by atoms with Crippen molar-refractivity contribution in [3.63, 3.8) is 0 Å². The molecular weight excluding hydrogens is 304 g/mol. The van der Waals surface area contributed by atoms with Crippen molar-refractivity contribution in [3.05, 3.63) is 63.7 Å². The number of non-ortho nitro benzene ring substituents is 1. The lowest BCUT2D eigenvalue weighted by atomic mass is 10.2. The summed E-state index contributed by atoms with van der Waals surface area (Å²) in [6.45, 7) is 3.72. The lowest BCUT2D eigenvalue weighted by molar-refractivity contribution is -0.384. The molecule has 0 radical (unpaired) electrons. The lowest BCUT2D eigenvalue weighted by Crippen LogP contribution is -2.22. The molecule has 0 aliphatic carbocycles. The molecule has 3 N–H and O–H groups in total. The number of nitro benzene ring substituents is 1. The van der Waals surface area contributed by atoms with E-state index in [1.165, 1.54) is 12.1 Å². The average molecular weight is 321 g/mol. The zero-order valence-corrected chi connectivity index (χ0v) is 13.1. The summed E-state index contributed by atoms with van der Waals surface area (Å²) < 4.78 is 0. The number of para-hydroxylation sites is 1. The highest BCUT2D eigenvalue weighted by atomic mass is 35.5. The third-order valence-corrected chi connectivity index (χ3v) is 3.04. The van der Waals surface area contributed by atoms with Crippen LogP contribution in [0.3, 0.4) is 0 Å². The van der Waals surface area contributed by atoms with Gasteiger partial charge >= 0.3 is 0 Å². The quantitative estimate of drug-likeness (QED) is 0.390. The summed E-state index contributed by atoms with van der Waals surface area (Å²) in [6.07, 6.45) is 0. The molecule has 2 aromatic carbocycles. The van der Waals surface area contributed by atoms with Crippen LogP contribution in [-0.4, -0.2) is 10.9 Å². The number of anilines is 1. The highest BCUT2D eigenvalue weighted by Crippen LogP contribution is 2.23. The van der Waals surface area contributed by atoms with Gasteiger partial charge in [0.05, 0.1) is 10.6 Å². The Kier molecular flexibility index (Phi) is 5.89. The standard InChI is InChI=1S/C15H16N4O2.ClH/c1-10-5-3-4-6-13(10)17-15(16)18-14-8-7-12(19(20)21)9-11(14)2;/h3-9H,1-2H3,(H3,16,17,18);1H. The number of guanidine groups is 1. The first-order valence-corrected chi connectivity index (χ1v) is 6.39. The largest absolute Gasteiger partial charge is 0.369 e. The third kappa shape index (κ3) is 4.20. The minimum absolute atomic E-state index is 0. The van der Waals surface area contributed by atoms with Gasteiger partial charge in [-0.2, -0.15) is 0 Å². The van der Waals surface area contributed by atoms with Crippen molar-refractivity contribution in [2.24, 2.45) is 10.7 Å². The van der Waals surface area contributed by atoms with E-state index in [1.54, 1.807) is 13.0 Å². The summed E-state index contributed by atoms with van der Waals surface area (Å²) in [5, 5.41) is 13.7. The molecule has 0 unspecified atom stereocenters. The molecule has 0 saturated heterocycles. The zero-order valence-electron chi connectivity index (χ0n) is 12.2. The van der Waals surface area contributed by atoms with Crippen molar-refractivity contribution in [3.8, 4) is 0 Å². The van der Waals surface area contributed by atoms with E-state index in [1.807, 2.05) is 31.2 Å². The molecular formula is C15H17ClN4O2. The van der Waals surface area contributed by atoms with Crippen LogP contribution >= 0.6 is 12.4 Å². The Bertz CT molecular complexity index is 716. The summed E-state index contributed by atoms with van der Waals surface area (Å²) in [4.78, 5) is 14.5. The Balaban J connectivity index is 0.00000242. The molecule has 6 nitrogen and oxygen atoms in total. The van der Waals surface area contributed by atoms with E-state index in [4.69, 9.17) is 5.73 Å². The van der Waals surface area contributed by atoms with Crippen LogP contribution in [0.5, 0.6) is 0 Å². The fourth-order valence-electron chi connectivity index (χ4n) is 1.89. The van der Waals surface area contributed by atoms with Gasteiger partial charge in [-0.3, -0.25) is 10.1 Å². The van der Waals surface area contributed by atoms with Crippen molar-refractivity contribution in [1.82, 2.24) is 0 Å². The van der Waals surface area contributed by atoms with Crippen LogP contribution < -0.4 is 11.1 Å². The minimum atomic E-state index is -0.435. The van der Waals surface area contributed by atoms with Gasteiger partial charge in [0.15, 0.2) is 5.96 Å². The molecule has 0 aliphatic rings. The van der Waals surface area contributed by atoms with Gasteiger partial charge in [0.1, 0.15) is 0 Å². The van der Waals surface area contributed by atoms with Crippen molar-refractivity contribution in [2.75, 3.05) is 5.32 Å². The molecule has 7 heteroatoms. The van der Waals surface area contributed by atoms with E-state index in [-0.39, 0.29) is 24.1 Å². The van der Waals surface area contributed by atoms with Gasteiger partial charge in [-0.25, -0.2) is 4.99 Å². The Morgan fingerprint density at radius 2 is 1.86 bits per heavy atom. The zero-order chi connectivity index (χ0) is 15.4. The molecule has 2 rings (SSSR count). The molecule has 116 valence electrons. The van der Waals surface area contributed by atoms with Crippen molar-refractivity contribution in [2.45, 2.75) is 13.8 Å². The van der Waals surface area contributed by atoms with Crippen molar-refractivity contribution < 1.29 is 4.92 Å². The molecule has 0 atom stereocenters. The molecule has 0 spiro atoms. The molecule has 0 amide bonds. The molecule has 2 aromatic rings. The summed E-state index contributed by atoms with van der Waals surface area (Å²) >= 11 is 0. The maximum absolute atomic E-state index is 10.7. The second kappa shape index (κ2) is 7.42. The van der Waals surface area contributed by atoms with Crippen LogP contribution in [0.4, 0.5) is 17.1 Å². The van der Waals surface area contributed by atoms with Crippen LogP contribution in [0.1, 0.15) is 11.1 Å². The topological polar surface area (TPSA) is 93.5 Å². The van der Waals surface area contributed by atoms with Crippen LogP contribution in [0, 0.1) is 24.0 Å². The van der Waals surface area contributed by atoms with Crippen LogP contribution in [0.25, 0.3) is 0 Å². The smallest absolute Gasteiger partial charge is 0.269 e. The number of nitrogens with one attached hydrogen (secondary N) is 1. The van der Waals surface area contributed by atoms with Gasteiger partial charge in [-0.05, 0) is 37.1 Å². The fraction of sp³-hybridized carbons (Fsp3) is 0.133. The van der Waals surface area contributed by atoms with E-state index in [2.05, 4.69) is 10.3 Å². The average Bonchev–Trinajstić information content (AvgIpc) is 2.43.